The standard InChI is InChI=1S/C6H7F3N2OS/c1-12-4-2-3-5(11-10-4)13-6(7,8)9/h2-3,5,11H,1H3. The van der Waals surface area contributed by atoms with Crippen molar-refractivity contribution in [3.63, 3.8) is 0 Å². The van der Waals surface area contributed by atoms with Crippen LogP contribution in [0.2, 0.25) is 0 Å². The van der Waals surface area contributed by atoms with E-state index in [2.05, 4.69) is 15.3 Å². The van der Waals surface area contributed by atoms with Crippen LogP contribution in [0, 0.1) is 0 Å². The van der Waals surface area contributed by atoms with Crippen molar-refractivity contribution in [2.75, 3.05) is 7.11 Å². The number of methoxy groups -OCH3 is 1. The maximum Gasteiger partial charge on any atom is 0.444 e. The number of ether oxygens (including phenoxy) is 1. The Morgan fingerprint density at radius 2 is 2.31 bits per heavy atom. The van der Waals surface area contributed by atoms with Gasteiger partial charge in [-0.15, -0.1) is 5.10 Å². The molecule has 0 aromatic rings. The van der Waals surface area contributed by atoms with Gasteiger partial charge in [-0.2, -0.15) is 13.2 Å². The first-order valence-electron chi connectivity index (χ1n) is 3.31. The molecule has 1 aliphatic heterocycles. The van der Waals surface area contributed by atoms with E-state index in [9.17, 15) is 13.2 Å². The van der Waals surface area contributed by atoms with E-state index in [1.165, 1.54) is 19.3 Å². The molecule has 13 heavy (non-hydrogen) atoms. The number of nitrogens with one attached hydrogen (secondary N) is 1. The van der Waals surface area contributed by atoms with Crippen LogP contribution in [0.25, 0.3) is 0 Å². The summed E-state index contributed by atoms with van der Waals surface area (Å²) in [5.41, 5.74) is -1.97. The highest BCUT2D eigenvalue weighted by Gasteiger charge is 2.32. The van der Waals surface area contributed by atoms with Gasteiger partial charge >= 0.3 is 5.51 Å². The lowest BCUT2D eigenvalue weighted by atomic mass is 10.4. The van der Waals surface area contributed by atoms with Crippen molar-refractivity contribution >= 4 is 17.7 Å². The minimum absolute atomic E-state index is 0.170. The highest BCUT2D eigenvalue weighted by atomic mass is 32.2. The molecule has 7 heteroatoms. The fourth-order valence-electron chi connectivity index (χ4n) is 0.701. The van der Waals surface area contributed by atoms with Gasteiger partial charge in [-0.05, 0) is 17.8 Å². The minimum atomic E-state index is -4.26. The van der Waals surface area contributed by atoms with Gasteiger partial charge in [0.25, 0.3) is 0 Å². The summed E-state index contributed by atoms with van der Waals surface area (Å²) < 4.78 is 40.2. The van der Waals surface area contributed by atoms with E-state index in [-0.39, 0.29) is 17.7 Å². The second kappa shape index (κ2) is 3.91. The summed E-state index contributed by atoms with van der Waals surface area (Å²) in [4.78, 5) is 0. The molecule has 1 heterocycles. The lowest BCUT2D eigenvalue weighted by Gasteiger charge is -2.17. The van der Waals surface area contributed by atoms with E-state index in [1.807, 2.05) is 0 Å². The number of hydrogen-bond acceptors (Lipinski definition) is 4. The van der Waals surface area contributed by atoms with Gasteiger partial charge in [0, 0.05) is 6.08 Å². The Balaban J connectivity index is 2.44. The monoisotopic (exact) mass is 212 g/mol. The molecular weight excluding hydrogens is 205 g/mol. The Labute approximate surface area is 77.0 Å². The average molecular weight is 212 g/mol. The largest absolute Gasteiger partial charge is 0.480 e. The zero-order chi connectivity index (χ0) is 9.90. The van der Waals surface area contributed by atoms with E-state index < -0.39 is 10.9 Å². The van der Waals surface area contributed by atoms with Crippen molar-refractivity contribution in [1.82, 2.24) is 5.43 Å². The summed E-state index contributed by atoms with van der Waals surface area (Å²) in [5.74, 6) is 0.263. The van der Waals surface area contributed by atoms with Crippen LogP contribution in [-0.4, -0.2) is 23.9 Å². The van der Waals surface area contributed by atoms with Gasteiger partial charge in [-0.3, -0.25) is 5.43 Å². The molecular formula is C6H7F3N2OS. The molecule has 1 atom stereocenters. The summed E-state index contributed by atoms with van der Waals surface area (Å²) >= 11 is -0.170. The van der Waals surface area contributed by atoms with E-state index in [0.29, 0.717) is 0 Å². The predicted molar refractivity (Wildman–Crippen MR) is 44.2 cm³/mol. The van der Waals surface area contributed by atoms with Gasteiger partial charge in [-0.25, -0.2) is 0 Å². The Morgan fingerprint density at radius 1 is 1.62 bits per heavy atom. The molecule has 1 N–H and O–H groups in total. The smallest absolute Gasteiger partial charge is 0.444 e. The van der Waals surface area contributed by atoms with Crippen molar-refractivity contribution in [3.8, 4) is 0 Å². The van der Waals surface area contributed by atoms with E-state index in [4.69, 9.17) is 0 Å². The number of thioether (sulfide) groups is 1. The van der Waals surface area contributed by atoms with E-state index in [0.717, 1.165) is 0 Å². The fraction of sp³-hybridized carbons (Fsp3) is 0.500. The maximum absolute atomic E-state index is 11.8. The summed E-state index contributed by atoms with van der Waals surface area (Å²) in [6.45, 7) is 0. The van der Waals surface area contributed by atoms with Gasteiger partial charge in [0.05, 0.1) is 7.11 Å². The third-order valence-corrected chi connectivity index (χ3v) is 1.97. The molecule has 0 amide bonds. The van der Waals surface area contributed by atoms with Crippen LogP contribution >= 0.6 is 11.8 Å². The average Bonchev–Trinajstić information content (AvgIpc) is 2.03. The number of alkyl halides is 3. The molecule has 0 radical (unpaired) electrons. The summed E-state index contributed by atoms with van der Waals surface area (Å²) in [6.07, 6.45) is 2.73. The highest BCUT2D eigenvalue weighted by molar-refractivity contribution is 8.00. The number of hydrazone groups is 1. The number of nitrogens with zero attached hydrogens (tertiary/aromatic N) is 1. The van der Waals surface area contributed by atoms with Gasteiger partial charge in [-0.1, -0.05) is 0 Å². The van der Waals surface area contributed by atoms with Gasteiger partial charge in [0.1, 0.15) is 5.37 Å². The predicted octanol–water partition coefficient (Wildman–Crippen LogP) is 1.68. The van der Waals surface area contributed by atoms with Crippen LogP contribution in [0.4, 0.5) is 13.2 Å². The van der Waals surface area contributed by atoms with Crippen LogP contribution in [0.1, 0.15) is 0 Å². The summed E-state index contributed by atoms with van der Waals surface area (Å²) in [6, 6.07) is 0. The molecule has 74 valence electrons. The second-order valence-electron chi connectivity index (χ2n) is 2.13. The number of halogens is 3. The third-order valence-electron chi connectivity index (χ3n) is 1.19. The molecule has 3 nitrogen and oxygen atoms in total. The normalized spacial score (nSPS) is 22.2. The first kappa shape index (κ1) is 10.2. The maximum atomic E-state index is 11.8. The van der Waals surface area contributed by atoms with Crippen molar-refractivity contribution in [1.29, 1.82) is 0 Å². The Bertz CT molecular complexity index is 239. The van der Waals surface area contributed by atoms with Crippen molar-refractivity contribution in [2.45, 2.75) is 10.9 Å². The minimum Gasteiger partial charge on any atom is -0.480 e. The zero-order valence-corrected chi connectivity index (χ0v) is 7.45. The molecule has 0 saturated carbocycles. The number of hydrogen-bond donors (Lipinski definition) is 1. The molecule has 0 fully saturated rings. The summed E-state index contributed by atoms with van der Waals surface area (Å²) in [7, 11) is 1.39. The van der Waals surface area contributed by atoms with Gasteiger partial charge in [0.2, 0.25) is 5.90 Å². The molecule has 0 saturated heterocycles. The zero-order valence-electron chi connectivity index (χ0n) is 6.63. The molecule has 0 aliphatic carbocycles. The van der Waals surface area contributed by atoms with Gasteiger partial charge in [0.15, 0.2) is 0 Å². The molecule has 1 unspecified atom stereocenters. The highest BCUT2D eigenvalue weighted by Crippen LogP contribution is 2.33. The van der Waals surface area contributed by atoms with Crippen molar-refractivity contribution in [2.24, 2.45) is 5.10 Å². The van der Waals surface area contributed by atoms with Gasteiger partial charge < -0.3 is 4.74 Å². The first-order chi connectivity index (χ1) is 6.01. The quantitative estimate of drug-likeness (QED) is 0.718. The Hall–Kier alpha value is -0.850. The van der Waals surface area contributed by atoms with Crippen molar-refractivity contribution in [3.05, 3.63) is 12.2 Å². The van der Waals surface area contributed by atoms with E-state index >= 15 is 0 Å². The molecule has 0 aromatic heterocycles. The SMILES string of the molecule is COC1=NNC(SC(F)(F)F)C=C1. The number of rotatable bonds is 1. The van der Waals surface area contributed by atoms with Crippen LogP contribution in [0.3, 0.4) is 0 Å². The van der Waals surface area contributed by atoms with Crippen LogP contribution in [0.5, 0.6) is 0 Å². The van der Waals surface area contributed by atoms with Crippen molar-refractivity contribution < 1.29 is 17.9 Å². The lowest BCUT2D eigenvalue weighted by molar-refractivity contribution is -0.0333. The second-order valence-corrected chi connectivity index (χ2v) is 3.33. The van der Waals surface area contributed by atoms with Crippen LogP contribution < -0.4 is 5.43 Å². The molecule has 0 bridgehead atoms. The third kappa shape index (κ3) is 3.58. The fourth-order valence-corrected chi connectivity index (χ4v) is 1.25. The molecule has 1 rings (SSSR count). The summed E-state index contributed by atoms with van der Waals surface area (Å²) in [5, 5.41) is 2.67. The van der Waals surface area contributed by atoms with E-state index in [1.54, 1.807) is 0 Å². The topological polar surface area (TPSA) is 33.6 Å². The Kier molecular flexibility index (Phi) is 3.07. The molecule has 0 aromatic carbocycles. The van der Waals surface area contributed by atoms with Crippen LogP contribution in [-0.2, 0) is 4.74 Å². The lowest BCUT2D eigenvalue weighted by Crippen LogP contribution is -2.27. The molecule has 1 aliphatic rings. The Morgan fingerprint density at radius 3 is 2.69 bits per heavy atom. The van der Waals surface area contributed by atoms with Crippen LogP contribution in [0.15, 0.2) is 17.3 Å². The molecule has 0 spiro atoms. The first-order valence-corrected chi connectivity index (χ1v) is 4.19.